The standard InChI is InChI=1S/C14H11BrF3NO4/c1-2-22-13(21)12-11(10(20)6-15)8-5-7(23-14(16,17)18)3-4-9(8)19-12/h3-5,19H,2,6H2,1H3. The fourth-order valence-corrected chi connectivity index (χ4v) is 2.36. The minimum absolute atomic E-state index is 0.0389. The van der Waals surface area contributed by atoms with Crippen molar-refractivity contribution in [2.45, 2.75) is 13.3 Å². The summed E-state index contributed by atoms with van der Waals surface area (Å²) in [7, 11) is 0. The van der Waals surface area contributed by atoms with Gasteiger partial charge in [-0.2, -0.15) is 0 Å². The van der Waals surface area contributed by atoms with E-state index < -0.39 is 23.9 Å². The second kappa shape index (κ2) is 6.61. The molecule has 0 aliphatic carbocycles. The van der Waals surface area contributed by atoms with E-state index in [1.54, 1.807) is 6.92 Å². The first kappa shape index (κ1) is 17.3. The summed E-state index contributed by atoms with van der Waals surface area (Å²) in [4.78, 5) is 26.7. The molecule has 0 unspecified atom stereocenters. The number of ether oxygens (including phenoxy) is 2. The average Bonchev–Trinajstić information content (AvgIpc) is 2.83. The Balaban J connectivity index is 2.60. The first-order valence-electron chi connectivity index (χ1n) is 6.44. The van der Waals surface area contributed by atoms with Gasteiger partial charge in [0.15, 0.2) is 5.78 Å². The number of hydrogen-bond acceptors (Lipinski definition) is 4. The maximum Gasteiger partial charge on any atom is 0.573 e. The van der Waals surface area contributed by atoms with Crippen LogP contribution in [-0.4, -0.2) is 35.0 Å². The topological polar surface area (TPSA) is 68.4 Å². The number of carbonyl (C=O) groups excluding carboxylic acids is 2. The van der Waals surface area contributed by atoms with Crippen LogP contribution in [0.1, 0.15) is 27.8 Å². The molecule has 0 saturated carbocycles. The Hall–Kier alpha value is -2.03. The zero-order chi connectivity index (χ0) is 17.2. The lowest BCUT2D eigenvalue weighted by Gasteiger charge is -2.08. The van der Waals surface area contributed by atoms with Crippen molar-refractivity contribution in [3.63, 3.8) is 0 Å². The molecule has 0 bridgehead atoms. The molecule has 124 valence electrons. The van der Waals surface area contributed by atoms with Gasteiger partial charge in [-0.3, -0.25) is 4.79 Å². The van der Waals surface area contributed by atoms with E-state index in [4.69, 9.17) is 4.74 Å². The molecule has 0 aliphatic heterocycles. The normalized spacial score (nSPS) is 11.5. The lowest BCUT2D eigenvalue weighted by molar-refractivity contribution is -0.274. The monoisotopic (exact) mass is 393 g/mol. The average molecular weight is 394 g/mol. The SMILES string of the molecule is CCOC(=O)c1[nH]c2ccc(OC(F)(F)F)cc2c1C(=O)CBr. The number of alkyl halides is 4. The Bertz CT molecular complexity index is 754. The van der Waals surface area contributed by atoms with E-state index in [1.165, 1.54) is 6.07 Å². The van der Waals surface area contributed by atoms with Crippen LogP contribution in [0.25, 0.3) is 10.9 Å². The van der Waals surface area contributed by atoms with E-state index in [0.717, 1.165) is 12.1 Å². The molecule has 0 saturated heterocycles. The summed E-state index contributed by atoms with van der Waals surface area (Å²) in [6, 6.07) is 3.44. The molecule has 0 atom stereocenters. The van der Waals surface area contributed by atoms with Crippen LogP contribution in [-0.2, 0) is 4.74 Å². The number of carbonyl (C=O) groups is 2. The van der Waals surface area contributed by atoms with Gasteiger partial charge in [-0.05, 0) is 25.1 Å². The fourth-order valence-electron chi connectivity index (χ4n) is 2.08. The Morgan fingerprint density at radius 1 is 1.30 bits per heavy atom. The van der Waals surface area contributed by atoms with Crippen LogP contribution in [0.2, 0.25) is 0 Å². The Morgan fingerprint density at radius 2 is 2.00 bits per heavy atom. The lowest BCUT2D eigenvalue weighted by Crippen LogP contribution is -2.17. The molecule has 1 aromatic heterocycles. The van der Waals surface area contributed by atoms with Crippen LogP contribution in [0.15, 0.2) is 18.2 Å². The summed E-state index contributed by atoms with van der Waals surface area (Å²) >= 11 is 2.98. The van der Waals surface area contributed by atoms with Crippen molar-refractivity contribution in [2.75, 3.05) is 11.9 Å². The second-order valence-electron chi connectivity index (χ2n) is 4.41. The third kappa shape index (κ3) is 3.84. The zero-order valence-corrected chi connectivity index (χ0v) is 13.4. The van der Waals surface area contributed by atoms with Crippen molar-refractivity contribution in [2.24, 2.45) is 0 Å². The molecule has 0 fully saturated rings. The molecular formula is C14H11BrF3NO4. The third-order valence-corrected chi connectivity index (χ3v) is 3.39. The summed E-state index contributed by atoms with van der Waals surface area (Å²) in [5.74, 6) is -1.71. The van der Waals surface area contributed by atoms with Crippen molar-refractivity contribution >= 4 is 38.6 Å². The van der Waals surface area contributed by atoms with E-state index in [0.29, 0.717) is 5.52 Å². The summed E-state index contributed by atoms with van der Waals surface area (Å²) in [6.45, 7) is 1.69. The van der Waals surface area contributed by atoms with Crippen molar-refractivity contribution in [3.8, 4) is 5.75 Å². The van der Waals surface area contributed by atoms with Gasteiger partial charge in [0.05, 0.1) is 17.5 Å². The smallest absolute Gasteiger partial charge is 0.461 e. The molecule has 1 N–H and O–H groups in total. The fraction of sp³-hybridized carbons (Fsp3) is 0.286. The van der Waals surface area contributed by atoms with Gasteiger partial charge in [0, 0.05) is 10.9 Å². The first-order chi connectivity index (χ1) is 10.8. The highest BCUT2D eigenvalue weighted by molar-refractivity contribution is 9.09. The highest BCUT2D eigenvalue weighted by Crippen LogP contribution is 2.30. The van der Waals surface area contributed by atoms with Gasteiger partial charge >= 0.3 is 12.3 Å². The summed E-state index contributed by atoms with van der Waals surface area (Å²) in [5.41, 5.74) is 0.185. The number of nitrogens with one attached hydrogen (secondary N) is 1. The van der Waals surface area contributed by atoms with E-state index in [9.17, 15) is 22.8 Å². The number of halogens is 4. The van der Waals surface area contributed by atoms with E-state index in [1.807, 2.05) is 0 Å². The number of ketones is 1. The first-order valence-corrected chi connectivity index (χ1v) is 7.56. The van der Waals surface area contributed by atoms with Crippen LogP contribution in [0, 0.1) is 0 Å². The van der Waals surface area contributed by atoms with Crippen molar-refractivity contribution in [3.05, 3.63) is 29.5 Å². The van der Waals surface area contributed by atoms with E-state index in [-0.39, 0.29) is 28.6 Å². The van der Waals surface area contributed by atoms with Gasteiger partial charge in [-0.1, -0.05) is 15.9 Å². The second-order valence-corrected chi connectivity index (χ2v) is 4.97. The molecule has 1 heterocycles. The molecule has 0 radical (unpaired) electrons. The molecule has 2 aromatic rings. The molecule has 1 aromatic carbocycles. The molecule has 9 heteroatoms. The Kier molecular flexibility index (Phi) is 4.98. The number of esters is 1. The van der Waals surface area contributed by atoms with E-state index in [2.05, 4.69) is 25.7 Å². The summed E-state index contributed by atoms with van der Waals surface area (Å²) < 4.78 is 45.7. The quantitative estimate of drug-likeness (QED) is 0.476. The predicted octanol–water partition coefficient (Wildman–Crippen LogP) is 3.82. The predicted molar refractivity (Wildman–Crippen MR) is 79.1 cm³/mol. The number of benzene rings is 1. The minimum Gasteiger partial charge on any atom is -0.461 e. The van der Waals surface area contributed by atoms with Gasteiger partial charge in [-0.25, -0.2) is 4.79 Å². The Labute approximate surface area is 136 Å². The maximum atomic E-state index is 12.3. The highest BCUT2D eigenvalue weighted by Gasteiger charge is 2.32. The summed E-state index contributed by atoms with van der Waals surface area (Å²) in [5, 5.41) is 0.0516. The van der Waals surface area contributed by atoms with Crippen LogP contribution in [0.5, 0.6) is 5.75 Å². The molecular weight excluding hydrogens is 383 g/mol. The maximum absolute atomic E-state index is 12.3. The lowest BCUT2D eigenvalue weighted by atomic mass is 10.1. The largest absolute Gasteiger partial charge is 0.573 e. The van der Waals surface area contributed by atoms with Gasteiger partial charge in [0.2, 0.25) is 0 Å². The van der Waals surface area contributed by atoms with E-state index >= 15 is 0 Å². The summed E-state index contributed by atoms with van der Waals surface area (Å²) in [6.07, 6.45) is -4.85. The number of Topliss-reactive ketones (excluding diaryl/α,β-unsaturated/α-hetero) is 1. The number of fused-ring (bicyclic) bond motifs is 1. The number of rotatable bonds is 5. The van der Waals surface area contributed by atoms with Crippen molar-refractivity contribution in [1.82, 2.24) is 4.98 Å². The molecule has 0 amide bonds. The third-order valence-electron chi connectivity index (χ3n) is 2.88. The molecule has 0 spiro atoms. The van der Waals surface area contributed by atoms with Gasteiger partial charge < -0.3 is 14.5 Å². The molecule has 2 rings (SSSR count). The van der Waals surface area contributed by atoms with Gasteiger partial charge in [-0.15, -0.1) is 13.2 Å². The highest BCUT2D eigenvalue weighted by atomic mass is 79.9. The van der Waals surface area contributed by atoms with Crippen LogP contribution in [0.4, 0.5) is 13.2 Å². The van der Waals surface area contributed by atoms with Crippen LogP contribution >= 0.6 is 15.9 Å². The van der Waals surface area contributed by atoms with Crippen molar-refractivity contribution in [1.29, 1.82) is 0 Å². The number of hydrogen-bond donors (Lipinski definition) is 1. The number of aromatic amines is 1. The zero-order valence-electron chi connectivity index (χ0n) is 11.8. The van der Waals surface area contributed by atoms with Gasteiger partial charge in [0.25, 0.3) is 0 Å². The minimum atomic E-state index is -4.85. The number of aromatic nitrogens is 1. The molecule has 0 aliphatic rings. The van der Waals surface area contributed by atoms with Gasteiger partial charge in [0.1, 0.15) is 11.4 Å². The van der Waals surface area contributed by atoms with Crippen LogP contribution < -0.4 is 4.74 Å². The van der Waals surface area contributed by atoms with Crippen molar-refractivity contribution < 1.29 is 32.2 Å². The van der Waals surface area contributed by atoms with Crippen LogP contribution in [0.3, 0.4) is 0 Å². The molecule has 5 nitrogen and oxygen atoms in total. The molecule has 23 heavy (non-hydrogen) atoms. The number of H-pyrrole nitrogens is 1. The Morgan fingerprint density at radius 3 is 2.57 bits per heavy atom.